The molecule has 0 heterocycles. The number of carbonyl (C=O) groups is 1. The van der Waals surface area contributed by atoms with Crippen LogP contribution in [-0.4, -0.2) is 23.9 Å². The molecule has 0 aliphatic carbocycles. The molecule has 2 aromatic carbocycles. The highest BCUT2D eigenvalue weighted by Gasteiger charge is 2.11. The minimum absolute atomic E-state index is 0.202. The molecule has 1 N–H and O–H groups in total. The third kappa shape index (κ3) is 4.21. The number of nitrogens with one attached hydrogen (secondary N) is 1. The molecule has 0 aliphatic heterocycles. The van der Waals surface area contributed by atoms with Gasteiger partial charge in [-0.25, -0.2) is 0 Å². The number of nitriles is 1. The third-order valence-corrected chi connectivity index (χ3v) is 4.15. The Bertz CT molecular complexity index is 740. The zero-order chi connectivity index (χ0) is 17.5. The normalized spacial score (nSPS) is 10.5. The van der Waals surface area contributed by atoms with Gasteiger partial charge in [0.25, 0.3) is 5.91 Å². The summed E-state index contributed by atoms with van der Waals surface area (Å²) in [5.41, 5.74) is 3.68. The monoisotopic (exact) mass is 321 g/mol. The molecule has 0 atom stereocenters. The fourth-order valence-electron chi connectivity index (χ4n) is 2.58. The maximum absolute atomic E-state index is 12.4. The molecule has 4 heteroatoms. The van der Waals surface area contributed by atoms with Gasteiger partial charge in [0.2, 0.25) is 0 Å². The van der Waals surface area contributed by atoms with E-state index in [4.69, 9.17) is 0 Å². The van der Waals surface area contributed by atoms with Crippen LogP contribution in [0, 0.1) is 18.3 Å². The molecule has 0 saturated carbocycles. The molecule has 0 aliphatic rings. The van der Waals surface area contributed by atoms with Gasteiger partial charge in [-0.2, -0.15) is 5.26 Å². The van der Waals surface area contributed by atoms with E-state index in [2.05, 4.69) is 30.1 Å². The average Bonchev–Trinajstić information content (AvgIpc) is 2.60. The van der Waals surface area contributed by atoms with E-state index in [1.165, 1.54) is 5.56 Å². The van der Waals surface area contributed by atoms with Crippen molar-refractivity contribution in [3.63, 3.8) is 0 Å². The van der Waals surface area contributed by atoms with Crippen molar-refractivity contribution in [3.8, 4) is 6.07 Å². The molecular weight excluding hydrogens is 298 g/mol. The predicted molar refractivity (Wildman–Crippen MR) is 96.9 cm³/mol. The van der Waals surface area contributed by atoms with Gasteiger partial charge in [0.1, 0.15) is 6.07 Å². The summed E-state index contributed by atoms with van der Waals surface area (Å²) >= 11 is 0. The van der Waals surface area contributed by atoms with E-state index in [9.17, 15) is 10.1 Å². The predicted octanol–water partition coefficient (Wildman–Crippen LogP) is 3.96. The number of anilines is 1. The summed E-state index contributed by atoms with van der Waals surface area (Å²) < 4.78 is 0. The Labute approximate surface area is 143 Å². The Kier molecular flexibility index (Phi) is 6.11. The van der Waals surface area contributed by atoms with Gasteiger partial charge in [-0.3, -0.25) is 9.69 Å². The van der Waals surface area contributed by atoms with Crippen molar-refractivity contribution in [2.45, 2.75) is 27.3 Å². The number of benzene rings is 2. The highest BCUT2D eigenvalue weighted by molar-refractivity contribution is 6.05. The van der Waals surface area contributed by atoms with Crippen LogP contribution in [0.1, 0.15) is 40.9 Å². The summed E-state index contributed by atoms with van der Waals surface area (Å²) in [7, 11) is 0. The lowest BCUT2D eigenvalue weighted by Crippen LogP contribution is -2.22. The number of rotatable bonds is 6. The number of nitrogens with zero attached hydrogens (tertiary/aromatic N) is 2. The third-order valence-electron chi connectivity index (χ3n) is 4.15. The first-order chi connectivity index (χ1) is 11.6. The maximum atomic E-state index is 12.4. The molecule has 0 aromatic heterocycles. The van der Waals surface area contributed by atoms with Gasteiger partial charge in [0, 0.05) is 12.1 Å². The van der Waals surface area contributed by atoms with Gasteiger partial charge in [-0.15, -0.1) is 0 Å². The minimum Gasteiger partial charge on any atom is -0.321 e. The highest BCUT2D eigenvalue weighted by Crippen LogP contribution is 2.19. The van der Waals surface area contributed by atoms with Crippen LogP contribution in [0.25, 0.3) is 0 Å². The molecule has 0 spiro atoms. The molecule has 4 nitrogen and oxygen atoms in total. The van der Waals surface area contributed by atoms with E-state index < -0.39 is 0 Å². The fraction of sp³-hybridized carbons (Fsp3) is 0.300. The summed E-state index contributed by atoms with van der Waals surface area (Å²) in [6.45, 7) is 9.02. The van der Waals surface area contributed by atoms with Crippen LogP contribution in [0.5, 0.6) is 0 Å². The van der Waals surface area contributed by atoms with Crippen molar-refractivity contribution >= 4 is 11.6 Å². The molecule has 2 aromatic rings. The highest BCUT2D eigenvalue weighted by atomic mass is 16.1. The van der Waals surface area contributed by atoms with E-state index in [1.807, 2.05) is 43.3 Å². The Morgan fingerprint density at radius 1 is 1.12 bits per heavy atom. The first-order valence-electron chi connectivity index (χ1n) is 8.21. The first-order valence-corrected chi connectivity index (χ1v) is 8.21. The molecule has 24 heavy (non-hydrogen) atoms. The van der Waals surface area contributed by atoms with Gasteiger partial charge < -0.3 is 5.32 Å². The van der Waals surface area contributed by atoms with E-state index >= 15 is 0 Å². The fourth-order valence-corrected chi connectivity index (χ4v) is 2.58. The van der Waals surface area contributed by atoms with Crippen molar-refractivity contribution < 1.29 is 4.79 Å². The van der Waals surface area contributed by atoms with Gasteiger partial charge in [-0.05, 0) is 49.3 Å². The molecule has 0 radical (unpaired) electrons. The van der Waals surface area contributed by atoms with Crippen molar-refractivity contribution in [2.24, 2.45) is 0 Å². The van der Waals surface area contributed by atoms with Gasteiger partial charge in [0.05, 0.1) is 11.3 Å². The number of hydrogen-bond donors (Lipinski definition) is 1. The van der Waals surface area contributed by atoms with Crippen LogP contribution >= 0.6 is 0 Å². The van der Waals surface area contributed by atoms with E-state index in [1.54, 1.807) is 6.07 Å². The molecule has 2 rings (SSSR count). The number of aryl methyl sites for hydroxylation is 1. The second-order valence-electron chi connectivity index (χ2n) is 5.72. The molecule has 1 amide bonds. The molecule has 0 fully saturated rings. The van der Waals surface area contributed by atoms with Gasteiger partial charge >= 0.3 is 0 Å². The minimum atomic E-state index is -0.202. The summed E-state index contributed by atoms with van der Waals surface area (Å²) in [6, 6.07) is 15.2. The smallest absolute Gasteiger partial charge is 0.255 e. The van der Waals surface area contributed by atoms with Crippen LogP contribution in [0.15, 0.2) is 42.5 Å². The van der Waals surface area contributed by atoms with E-state index in [0.29, 0.717) is 16.8 Å². The Morgan fingerprint density at radius 2 is 1.79 bits per heavy atom. The SMILES string of the molecule is CCN(CC)Cc1ccc(C(=O)Nc2cccc(C)c2C#N)cc1. The molecular formula is C20H23N3O. The van der Waals surface area contributed by atoms with Crippen LogP contribution in [0.2, 0.25) is 0 Å². The van der Waals surface area contributed by atoms with Crippen molar-refractivity contribution in [2.75, 3.05) is 18.4 Å². The lowest BCUT2D eigenvalue weighted by molar-refractivity contribution is 0.102. The molecule has 0 unspecified atom stereocenters. The lowest BCUT2D eigenvalue weighted by Gasteiger charge is -2.18. The quantitative estimate of drug-likeness (QED) is 0.876. The van der Waals surface area contributed by atoms with E-state index in [-0.39, 0.29) is 5.91 Å². The molecule has 124 valence electrons. The van der Waals surface area contributed by atoms with Crippen LogP contribution in [0.4, 0.5) is 5.69 Å². The second-order valence-corrected chi connectivity index (χ2v) is 5.72. The van der Waals surface area contributed by atoms with Crippen molar-refractivity contribution in [3.05, 3.63) is 64.7 Å². The average molecular weight is 321 g/mol. The van der Waals surface area contributed by atoms with Gasteiger partial charge in [-0.1, -0.05) is 38.1 Å². The Balaban J connectivity index is 2.11. The summed E-state index contributed by atoms with van der Waals surface area (Å²) in [4.78, 5) is 14.7. The molecule has 0 bridgehead atoms. The zero-order valence-electron chi connectivity index (χ0n) is 14.5. The largest absolute Gasteiger partial charge is 0.321 e. The van der Waals surface area contributed by atoms with Crippen molar-refractivity contribution in [1.82, 2.24) is 4.90 Å². The number of carbonyl (C=O) groups excluding carboxylic acids is 1. The Morgan fingerprint density at radius 3 is 2.38 bits per heavy atom. The number of amides is 1. The maximum Gasteiger partial charge on any atom is 0.255 e. The summed E-state index contributed by atoms with van der Waals surface area (Å²) in [6.07, 6.45) is 0. The first kappa shape index (κ1) is 17.7. The standard InChI is InChI=1S/C20H23N3O/c1-4-23(5-2)14-16-9-11-17(12-10-16)20(24)22-19-8-6-7-15(3)18(19)13-21/h6-12H,4-5,14H2,1-3H3,(H,22,24). The lowest BCUT2D eigenvalue weighted by atomic mass is 10.1. The number of hydrogen-bond acceptors (Lipinski definition) is 3. The van der Waals surface area contributed by atoms with Gasteiger partial charge in [0.15, 0.2) is 0 Å². The zero-order valence-corrected chi connectivity index (χ0v) is 14.5. The topological polar surface area (TPSA) is 56.1 Å². The van der Waals surface area contributed by atoms with Crippen LogP contribution < -0.4 is 5.32 Å². The molecule has 0 saturated heterocycles. The van der Waals surface area contributed by atoms with Crippen LogP contribution in [-0.2, 0) is 6.54 Å². The Hall–Kier alpha value is -2.64. The summed E-state index contributed by atoms with van der Waals surface area (Å²) in [5.74, 6) is -0.202. The van der Waals surface area contributed by atoms with Crippen LogP contribution in [0.3, 0.4) is 0 Å². The summed E-state index contributed by atoms with van der Waals surface area (Å²) in [5, 5.41) is 12.1. The van der Waals surface area contributed by atoms with E-state index in [0.717, 1.165) is 25.2 Å². The van der Waals surface area contributed by atoms with Crippen molar-refractivity contribution in [1.29, 1.82) is 5.26 Å². The second kappa shape index (κ2) is 8.28.